The Morgan fingerprint density at radius 1 is 1.10 bits per heavy atom. The summed E-state index contributed by atoms with van der Waals surface area (Å²) >= 11 is 0. The fourth-order valence-electron chi connectivity index (χ4n) is 5.02. The van der Waals surface area contributed by atoms with Gasteiger partial charge in [-0.3, -0.25) is 14.5 Å². The summed E-state index contributed by atoms with van der Waals surface area (Å²) in [5, 5.41) is 14.7. The molecule has 2 amide bonds. The number of amides is 2. The highest BCUT2D eigenvalue weighted by molar-refractivity contribution is 7.91. The smallest absolute Gasteiger partial charge is 0.256 e. The highest BCUT2D eigenvalue weighted by Gasteiger charge is 2.39. The third-order valence-corrected chi connectivity index (χ3v) is 9.28. The van der Waals surface area contributed by atoms with Crippen molar-refractivity contribution in [3.05, 3.63) is 48.8 Å². The van der Waals surface area contributed by atoms with Crippen molar-refractivity contribution in [2.45, 2.75) is 18.4 Å². The van der Waals surface area contributed by atoms with Crippen molar-refractivity contribution < 1.29 is 23.1 Å². The molecule has 2 saturated heterocycles. The van der Waals surface area contributed by atoms with Crippen molar-refractivity contribution in [3.63, 3.8) is 0 Å². The minimum atomic E-state index is -3.00. The number of likely N-dealkylation sites (tertiary alicyclic amines) is 1. The quantitative estimate of drug-likeness (QED) is 0.350. The fraction of sp³-hybridized carbons (Fsp3) is 0.429. The zero-order valence-corrected chi connectivity index (χ0v) is 24.0. The number of anilines is 2. The van der Waals surface area contributed by atoms with Crippen molar-refractivity contribution in [1.29, 1.82) is 0 Å². The number of hydrogen-bond acceptors (Lipinski definition) is 9. The molecule has 4 heterocycles. The Labute approximate surface area is 239 Å². The molecule has 0 bridgehead atoms. The molecule has 13 heteroatoms. The topological polar surface area (TPSA) is 152 Å². The molecule has 3 N–H and O–H groups in total. The predicted octanol–water partition coefficient (Wildman–Crippen LogP) is 1.27. The molecule has 3 aromatic rings. The molecule has 2 fully saturated rings. The number of likely N-dealkylation sites (N-methyl/N-ethyl adjacent to an activating group) is 1. The van der Waals surface area contributed by atoms with Crippen LogP contribution in [0.5, 0.6) is 0 Å². The van der Waals surface area contributed by atoms with Crippen LogP contribution < -0.4 is 10.2 Å². The molecular formula is C28H35N7O5S. The van der Waals surface area contributed by atoms with E-state index in [9.17, 15) is 23.1 Å². The molecule has 41 heavy (non-hydrogen) atoms. The molecule has 12 nitrogen and oxygen atoms in total. The van der Waals surface area contributed by atoms with Crippen LogP contribution in [0.2, 0.25) is 0 Å². The first-order chi connectivity index (χ1) is 19.5. The number of carbonyl (C=O) groups is 2. The van der Waals surface area contributed by atoms with Gasteiger partial charge in [-0.1, -0.05) is 18.2 Å². The Hall–Kier alpha value is -3.81. The summed E-state index contributed by atoms with van der Waals surface area (Å²) in [5.74, 6) is 0.398. The number of rotatable bonds is 7. The molecule has 2 aliphatic rings. The van der Waals surface area contributed by atoms with E-state index in [1.54, 1.807) is 32.3 Å². The lowest BCUT2D eigenvalue weighted by Gasteiger charge is -2.36. The van der Waals surface area contributed by atoms with Crippen LogP contribution in [-0.2, 0) is 19.4 Å². The maximum absolute atomic E-state index is 13.0. The summed E-state index contributed by atoms with van der Waals surface area (Å²) in [6, 6.07) is 9.25. The molecule has 0 spiro atoms. The third kappa shape index (κ3) is 6.58. The van der Waals surface area contributed by atoms with Gasteiger partial charge in [-0.05, 0) is 36.6 Å². The summed E-state index contributed by atoms with van der Waals surface area (Å²) in [6.07, 6.45) is 5.40. The van der Waals surface area contributed by atoms with Crippen molar-refractivity contribution in [3.8, 4) is 11.3 Å². The van der Waals surface area contributed by atoms with Crippen LogP contribution in [0.1, 0.15) is 12.8 Å². The normalized spacial score (nSPS) is 19.0. The summed E-state index contributed by atoms with van der Waals surface area (Å²) in [5.41, 5.74) is 1.46. The first kappa shape index (κ1) is 28.7. The molecule has 2 aromatic heterocycles. The molecule has 0 saturated carbocycles. The molecule has 0 radical (unpaired) electrons. The SMILES string of the molecule is CN(C)C(=O)/C=C/CN1CCC(O)(C(=O)Nc2ccc(-c3cc4c(N5CCS(=O)(=O)CC5)ncnc4[nH]3)cc2)CC1. The summed E-state index contributed by atoms with van der Waals surface area (Å²) in [6.45, 7) is 2.45. The zero-order valence-electron chi connectivity index (χ0n) is 23.2. The number of H-pyrrole nitrogens is 1. The molecule has 0 atom stereocenters. The predicted molar refractivity (Wildman–Crippen MR) is 157 cm³/mol. The average Bonchev–Trinajstić information content (AvgIpc) is 3.39. The number of nitrogens with one attached hydrogen (secondary N) is 2. The van der Waals surface area contributed by atoms with Gasteiger partial charge in [0.25, 0.3) is 5.91 Å². The van der Waals surface area contributed by atoms with Crippen molar-refractivity contribution in [2.24, 2.45) is 0 Å². The van der Waals surface area contributed by atoms with E-state index in [4.69, 9.17) is 0 Å². The van der Waals surface area contributed by atoms with Gasteiger partial charge < -0.3 is 25.2 Å². The van der Waals surface area contributed by atoms with E-state index in [-0.39, 0.29) is 17.4 Å². The van der Waals surface area contributed by atoms with Gasteiger partial charge in [0, 0.05) is 64.3 Å². The second-order valence-corrected chi connectivity index (χ2v) is 13.1. The van der Waals surface area contributed by atoms with E-state index < -0.39 is 21.3 Å². The van der Waals surface area contributed by atoms with Gasteiger partial charge in [0.1, 0.15) is 23.4 Å². The van der Waals surface area contributed by atoms with Crippen LogP contribution in [0.3, 0.4) is 0 Å². The Bertz CT molecular complexity index is 1540. The number of benzene rings is 1. The van der Waals surface area contributed by atoms with E-state index in [2.05, 4.69) is 25.2 Å². The molecule has 0 aliphatic carbocycles. The second kappa shape index (κ2) is 11.6. The monoisotopic (exact) mass is 581 g/mol. The lowest BCUT2D eigenvalue weighted by Crippen LogP contribution is -2.51. The largest absolute Gasteiger partial charge is 0.380 e. The summed E-state index contributed by atoms with van der Waals surface area (Å²) < 4.78 is 23.7. The highest BCUT2D eigenvalue weighted by atomic mass is 32.2. The Morgan fingerprint density at radius 3 is 2.44 bits per heavy atom. The number of nitrogens with zero attached hydrogens (tertiary/aromatic N) is 5. The van der Waals surface area contributed by atoms with Gasteiger partial charge >= 0.3 is 0 Å². The maximum Gasteiger partial charge on any atom is 0.256 e. The summed E-state index contributed by atoms with van der Waals surface area (Å²) in [7, 11) is 0.388. The van der Waals surface area contributed by atoms with Crippen LogP contribution in [-0.4, -0.2) is 114 Å². The fourth-order valence-corrected chi connectivity index (χ4v) is 6.22. The number of carbonyl (C=O) groups excluding carboxylic acids is 2. The minimum absolute atomic E-state index is 0.0798. The standard InChI is InChI=1S/C28H35N7O5S/c1-33(2)24(36)4-3-11-34-12-9-28(38,10-13-34)27(37)31-21-7-5-20(6-8-21)23-18-22-25(32-23)29-19-30-26(22)35-14-16-41(39,40)17-15-35/h3-8,18-19,38H,9-17H2,1-2H3,(H,31,37)(H,29,30,32)/b4-3+. The van der Waals surface area contributed by atoms with E-state index in [0.717, 1.165) is 16.6 Å². The number of aliphatic hydroxyl groups is 1. The van der Waals surface area contributed by atoms with Crippen LogP contribution in [0.4, 0.5) is 11.5 Å². The number of aromatic amines is 1. The van der Waals surface area contributed by atoms with Crippen molar-refractivity contribution in [2.75, 3.05) is 68.5 Å². The van der Waals surface area contributed by atoms with E-state index >= 15 is 0 Å². The lowest BCUT2D eigenvalue weighted by atomic mass is 9.90. The van der Waals surface area contributed by atoms with Crippen LogP contribution in [0.15, 0.2) is 48.8 Å². The van der Waals surface area contributed by atoms with E-state index in [0.29, 0.717) is 62.7 Å². The zero-order chi connectivity index (χ0) is 29.2. The molecule has 5 rings (SSSR count). The average molecular weight is 582 g/mol. The first-order valence-corrected chi connectivity index (χ1v) is 15.4. The van der Waals surface area contributed by atoms with E-state index in [1.807, 2.05) is 23.1 Å². The minimum Gasteiger partial charge on any atom is -0.380 e. The van der Waals surface area contributed by atoms with Gasteiger partial charge in [-0.25, -0.2) is 18.4 Å². The Morgan fingerprint density at radius 2 is 1.78 bits per heavy atom. The molecule has 2 aliphatic heterocycles. The van der Waals surface area contributed by atoms with Gasteiger partial charge in [0.05, 0.1) is 16.9 Å². The number of piperidine rings is 1. The van der Waals surface area contributed by atoms with Gasteiger partial charge in [0.2, 0.25) is 5.91 Å². The molecule has 1 aromatic carbocycles. The Balaban J connectivity index is 1.20. The first-order valence-electron chi connectivity index (χ1n) is 13.6. The van der Waals surface area contributed by atoms with Crippen LogP contribution >= 0.6 is 0 Å². The lowest BCUT2D eigenvalue weighted by molar-refractivity contribution is -0.138. The maximum atomic E-state index is 13.0. The number of hydrogen-bond donors (Lipinski definition) is 3. The Kier molecular flexibility index (Phi) is 8.11. The molecule has 0 unspecified atom stereocenters. The van der Waals surface area contributed by atoms with Gasteiger partial charge in [-0.2, -0.15) is 0 Å². The number of aromatic nitrogens is 3. The molecular weight excluding hydrogens is 546 g/mol. The van der Waals surface area contributed by atoms with E-state index in [1.165, 1.54) is 17.3 Å². The van der Waals surface area contributed by atoms with Crippen molar-refractivity contribution >= 4 is 44.2 Å². The summed E-state index contributed by atoms with van der Waals surface area (Å²) in [4.78, 5) is 42.3. The second-order valence-electron chi connectivity index (χ2n) is 10.8. The van der Waals surface area contributed by atoms with Crippen LogP contribution in [0.25, 0.3) is 22.3 Å². The highest BCUT2D eigenvalue weighted by Crippen LogP contribution is 2.30. The number of sulfone groups is 1. The number of fused-ring (bicyclic) bond motifs is 1. The molecule has 218 valence electrons. The van der Waals surface area contributed by atoms with Gasteiger partial charge in [0.15, 0.2) is 9.84 Å². The van der Waals surface area contributed by atoms with Crippen LogP contribution in [0, 0.1) is 0 Å². The third-order valence-electron chi connectivity index (χ3n) is 7.67. The van der Waals surface area contributed by atoms with Gasteiger partial charge in [-0.15, -0.1) is 0 Å². The van der Waals surface area contributed by atoms with Crippen molar-refractivity contribution in [1.82, 2.24) is 24.8 Å².